The van der Waals surface area contributed by atoms with Crippen LogP contribution in [0, 0.1) is 0 Å². The van der Waals surface area contributed by atoms with Gasteiger partial charge in [0.1, 0.15) is 0 Å². The predicted molar refractivity (Wildman–Crippen MR) is 79.7 cm³/mol. The topological polar surface area (TPSA) is 53.5 Å². The molecule has 4 rings (SSSR count). The molecular weight excluding hydrogens is 286 g/mol. The molecule has 0 unspecified atom stereocenters. The Bertz CT molecular complexity index is 678. The fourth-order valence-corrected chi connectivity index (χ4v) is 3.72. The Morgan fingerprint density at radius 2 is 1.86 bits per heavy atom. The molecule has 1 aromatic heterocycles. The number of benzene rings is 1. The predicted octanol–water partition coefficient (Wildman–Crippen LogP) is 2.02. The van der Waals surface area contributed by atoms with Crippen LogP contribution in [0.3, 0.4) is 0 Å². The van der Waals surface area contributed by atoms with Crippen LogP contribution in [-0.2, 0) is 0 Å². The van der Waals surface area contributed by atoms with Crippen molar-refractivity contribution < 1.29 is 9.59 Å². The number of carbonyl (C=O) groups excluding carboxylic acids is 2. The van der Waals surface area contributed by atoms with E-state index in [1.807, 2.05) is 5.38 Å². The van der Waals surface area contributed by atoms with Gasteiger partial charge in [0, 0.05) is 24.7 Å². The van der Waals surface area contributed by atoms with Crippen molar-refractivity contribution in [3.05, 3.63) is 47.0 Å². The quantitative estimate of drug-likeness (QED) is 0.796. The Morgan fingerprint density at radius 1 is 1.14 bits per heavy atom. The van der Waals surface area contributed by atoms with E-state index in [9.17, 15) is 9.59 Å². The van der Waals surface area contributed by atoms with Gasteiger partial charge in [-0.3, -0.25) is 14.5 Å². The number of aromatic nitrogens is 1. The second-order valence-electron chi connectivity index (χ2n) is 5.23. The number of nitrogens with zero attached hydrogens (tertiary/aromatic N) is 3. The number of thiazole rings is 1. The lowest BCUT2D eigenvalue weighted by Crippen LogP contribution is -2.41. The monoisotopic (exact) mass is 299 g/mol. The minimum Gasteiger partial charge on any atom is -0.346 e. The van der Waals surface area contributed by atoms with Gasteiger partial charge in [-0.05, 0) is 18.6 Å². The van der Waals surface area contributed by atoms with E-state index in [0.29, 0.717) is 17.7 Å². The van der Waals surface area contributed by atoms with Gasteiger partial charge in [-0.25, -0.2) is 4.98 Å². The van der Waals surface area contributed by atoms with E-state index in [2.05, 4.69) is 9.88 Å². The first-order valence-corrected chi connectivity index (χ1v) is 7.75. The first-order chi connectivity index (χ1) is 10.3. The Hall–Kier alpha value is -2.21. The van der Waals surface area contributed by atoms with Crippen LogP contribution in [0.5, 0.6) is 0 Å². The molecule has 0 aliphatic carbocycles. The fourth-order valence-electron chi connectivity index (χ4n) is 3.04. The number of hydrogen-bond donors (Lipinski definition) is 0. The van der Waals surface area contributed by atoms with E-state index >= 15 is 0 Å². The lowest BCUT2D eigenvalue weighted by atomic mass is 10.1. The number of anilines is 1. The number of rotatable bonds is 2. The van der Waals surface area contributed by atoms with Gasteiger partial charge in [0.25, 0.3) is 11.8 Å². The first kappa shape index (κ1) is 12.5. The molecule has 2 amide bonds. The van der Waals surface area contributed by atoms with Crippen LogP contribution in [-0.4, -0.2) is 40.8 Å². The molecule has 0 spiro atoms. The van der Waals surface area contributed by atoms with Crippen molar-refractivity contribution in [2.75, 3.05) is 18.0 Å². The zero-order valence-corrected chi connectivity index (χ0v) is 12.0. The summed E-state index contributed by atoms with van der Waals surface area (Å²) in [5, 5.41) is 2.89. The van der Waals surface area contributed by atoms with E-state index in [4.69, 9.17) is 0 Å². The molecule has 3 heterocycles. The van der Waals surface area contributed by atoms with Crippen molar-refractivity contribution >= 4 is 28.3 Å². The summed E-state index contributed by atoms with van der Waals surface area (Å²) in [6.07, 6.45) is 2.57. The molecule has 2 aromatic rings. The average molecular weight is 299 g/mol. The highest BCUT2D eigenvalue weighted by molar-refractivity contribution is 7.13. The van der Waals surface area contributed by atoms with Gasteiger partial charge < -0.3 is 4.90 Å². The van der Waals surface area contributed by atoms with Crippen LogP contribution in [0.2, 0.25) is 0 Å². The van der Waals surface area contributed by atoms with Gasteiger partial charge in [-0.2, -0.15) is 0 Å². The van der Waals surface area contributed by atoms with Crippen LogP contribution in [0.4, 0.5) is 5.13 Å². The van der Waals surface area contributed by atoms with Crippen molar-refractivity contribution in [1.82, 2.24) is 9.88 Å². The Kier molecular flexibility index (Phi) is 2.78. The summed E-state index contributed by atoms with van der Waals surface area (Å²) in [5.41, 5.74) is 1.05. The largest absolute Gasteiger partial charge is 0.346 e. The summed E-state index contributed by atoms with van der Waals surface area (Å²) < 4.78 is 0. The molecular formula is C15H13N3O2S. The molecule has 2 aliphatic rings. The van der Waals surface area contributed by atoms with Crippen LogP contribution in [0.25, 0.3) is 0 Å². The number of fused-ring (bicyclic) bond motifs is 1. The van der Waals surface area contributed by atoms with Gasteiger partial charge >= 0.3 is 0 Å². The van der Waals surface area contributed by atoms with Crippen molar-refractivity contribution in [2.45, 2.75) is 12.5 Å². The number of imide groups is 1. The Morgan fingerprint density at radius 3 is 2.48 bits per heavy atom. The lowest BCUT2D eigenvalue weighted by molar-refractivity contribution is 0.0598. The van der Waals surface area contributed by atoms with Crippen molar-refractivity contribution in [2.24, 2.45) is 0 Å². The molecule has 1 aromatic carbocycles. The SMILES string of the molecule is O=C1c2ccccc2C(=O)N1[C@H]1CCN(c2nccs2)C1. The minimum absolute atomic E-state index is 0.0682. The highest BCUT2D eigenvalue weighted by Gasteiger charge is 2.42. The van der Waals surface area contributed by atoms with Crippen molar-refractivity contribution in [3.8, 4) is 0 Å². The standard InChI is InChI=1S/C15H13N3O2S/c19-13-11-3-1-2-4-12(11)14(20)18(13)10-5-7-17(9-10)15-16-6-8-21-15/h1-4,6,8,10H,5,7,9H2/t10-/m0/s1. The Balaban J connectivity index is 1.59. The summed E-state index contributed by atoms with van der Waals surface area (Å²) in [7, 11) is 0. The smallest absolute Gasteiger partial charge is 0.261 e. The van der Waals surface area contributed by atoms with Crippen molar-refractivity contribution in [1.29, 1.82) is 0 Å². The van der Waals surface area contributed by atoms with Gasteiger partial charge in [0.05, 0.1) is 17.2 Å². The van der Waals surface area contributed by atoms with Crippen molar-refractivity contribution in [3.63, 3.8) is 0 Å². The third kappa shape index (κ3) is 1.86. The van der Waals surface area contributed by atoms with E-state index in [0.717, 1.165) is 18.1 Å². The fraction of sp³-hybridized carbons (Fsp3) is 0.267. The second-order valence-corrected chi connectivity index (χ2v) is 6.10. The molecule has 106 valence electrons. The van der Waals surface area contributed by atoms with Gasteiger partial charge in [0.15, 0.2) is 5.13 Å². The van der Waals surface area contributed by atoms with Gasteiger partial charge in [0.2, 0.25) is 0 Å². The molecule has 1 saturated heterocycles. The molecule has 0 N–H and O–H groups in total. The van der Waals surface area contributed by atoms with Crippen LogP contribution in [0.15, 0.2) is 35.8 Å². The van der Waals surface area contributed by atoms with E-state index in [1.165, 1.54) is 4.90 Å². The number of hydrogen-bond acceptors (Lipinski definition) is 5. The normalized spacial score (nSPS) is 21.2. The highest BCUT2D eigenvalue weighted by Crippen LogP contribution is 2.30. The second kappa shape index (κ2) is 4.66. The highest BCUT2D eigenvalue weighted by atomic mass is 32.1. The van der Waals surface area contributed by atoms with E-state index in [-0.39, 0.29) is 17.9 Å². The summed E-state index contributed by atoms with van der Waals surface area (Å²) in [5.74, 6) is -0.330. The maximum absolute atomic E-state index is 12.5. The lowest BCUT2D eigenvalue weighted by Gasteiger charge is -2.22. The summed E-state index contributed by atoms with van der Waals surface area (Å²) in [6, 6.07) is 6.97. The zero-order valence-electron chi connectivity index (χ0n) is 11.2. The van der Waals surface area contributed by atoms with Crippen LogP contribution in [0.1, 0.15) is 27.1 Å². The molecule has 0 bridgehead atoms. The van der Waals surface area contributed by atoms with E-state index in [1.54, 1.807) is 41.8 Å². The van der Waals surface area contributed by atoms with Gasteiger partial charge in [-0.1, -0.05) is 12.1 Å². The van der Waals surface area contributed by atoms with E-state index < -0.39 is 0 Å². The molecule has 5 nitrogen and oxygen atoms in total. The summed E-state index contributed by atoms with van der Waals surface area (Å²) >= 11 is 1.58. The van der Waals surface area contributed by atoms with Crippen LogP contribution < -0.4 is 4.90 Å². The zero-order chi connectivity index (χ0) is 14.4. The maximum Gasteiger partial charge on any atom is 0.261 e. The molecule has 1 atom stereocenters. The minimum atomic E-state index is -0.165. The van der Waals surface area contributed by atoms with Crippen LogP contribution >= 0.6 is 11.3 Å². The number of carbonyl (C=O) groups is 2. The Labute approximate surface area is 125 Å². The average Bonchev–Trinajstić information content (AvgIpc) is 3.21. The molecule has 6 heteroatoms. The third-order valence-corrected chi connectivity index (χ3v) is 4.88. The molecule has 21 heavy (non-hydrogen) atoms. The molecule has 2 aliphatic heterocycles. The summed E-state index contributed by atoms with van der Waals surface area (Å²) in [4.78, 5) is 32.8. The maximum atomic E-state index is 12.5. The van der Waals surface area contributed by atoms with Gasteiger partial charge in [-0.15, -0.1) is 11.3 Å². The molecule has 0 saturated carbocycles. The molecule has 0 radical (unpaired) electrons. The third-order valence-electron chi connectivity index (χ3n) is 4.04. The number of amides is 2. The summed E-state index contributed by atoms with van der Waals surface area (Å²) in [6.45, 7) is 1.49. The first-order valence-electron chi connectivity index (χ1n) is 6.87. The molecule has 1 fully saturated rings.